The molecule has 1 amide bonds. The van der Waals surface area contributed by atoms with Crippen molar-refractivity contribution < 1.29 is 29.3 Å². The Labute approximate surface area is 326 Å². The molecule has 4 aromatic carbocycles. The van der Waals surface area contributed by atoms with Crippen LogP contribution in [0.15, 0.2) is 108 Å². The van der Waals surface area contributed by atoms with E-state index in [9.17, 15) is 24.6 Å². The van der Waals surface area contributed by atoms with Crippen LogP contribution in [-0.2, 0) is 16.1 Å². The fraction of sp³-hybridized carbons (Fsp3) is 0.356. The smallest absolute Gasteiger partial charge is 0.338 e. The molecule has 2 bridgehead atoms. The third kappa shape index (κ3) is 9.84. The number of aromatic hydroxyl groups is 1. The summed E-state index contributed by atoms with van der Waals surface area (Å²) in [5.74, 6) is 1.37. The number of ether oxygens (including phenoxy) is 2. The molecule has 3 atom stereocenters. The number of hydrogen-bond acceptors (Lipinski definition) is 9. The van der Waals surface area contributed by atoms with Crippen LogP contribution in [0.2, 0.25) is 0 Å². The summed E-state index contributed by atoms with van der Waals surface area (Å²) in [6.07, 6.45) is 3.47. The summed E-state index contributed by atoms with van der Waals surface area (Å²) < 4.78 is 11.7. The first-order valence-corrected chi connectivity index (χ1v) is 19.6. The molecule has 1 aromatic heterocycles. The molecule has 5 N–H and O–H groups in total. The SMILES string of the molecule is O=C(C[C@H]1CN2CCC1CC2)NC(c1ccccc1)c1cccc(OCc2ccc(C(=O)OCCCCNC[C@H](O)c3ccc(O)c4[nH]c(=O)ccc34)cc2)c1. The third-order valence-corrected chi connectivity index (χ3v) is 11.0. The van der Waals surface area contributed by atoms with Crippen molar-refractivity contribution in [2.75, 3.05) is 39.3 Å². The van der Waals surface area contributed by atoms with Gasteiger partial charge in [0.1, 0.15) is 18.1 Å². The molecule has 0 aliphatic carbocycles. The monoisotopic (exact) mass is 758 g/mol. The van der Waals surface area contributed by atoms with Gasteiger partial charge in [-0.15, -0.1) is 0 Å². The topological polar surface area (TPSA) is 153 Å². The minimum atomic E-state index is -0.837. The van der Waals surface area contributed by atoms with E-state index in [1.54, 1.807) is 24.3 Å². The Kier molecular flexibility index (Phi) is 12.8. The summed E-state index contributed by atoms with van der Waals surface area (Å²) in [6, 6.07) is 30.8. The number of piperidine rings is 3. The summed E-state index contributed by atoms with van der Waals surface area (Å²) in [6.45, 7) is 4.80. The standard InChI is InChI=1S/C45H50N4O7/c50-39-17-15-37(38-16-18-41(52)47-44(38)39)40(51)27-46-21-4-5-24-55-45(54)33-13-11-30(12-14-33)29-56-36-10-6-9-34(25-36)43(32-7-2-1-3-8-32)48-42(53)26-35-28-49-22-19-31(35)20-23-49/h1-3,6-18,25,31,35,40,43,46,50-51H,4-5,19-24,26-29H2,(H,47,52)(H,48,53)/t35-,40-,43?/m0/s1. The van der Waals surface area contributed by atoms with Crippen LogP contribution in [0, 0.1) is 11.8 Å². The van der Waals surface area contributed by atoms with Crippen LogP contribution in [0.3, 0.4) is 0 Å². The molecule has 11 nitrogen and oxygen atoms in total. The first-order valence-electron chi connectivity index (χ1n) is 19.6. The van der Waals surface area contributed by atoms with Gasteiger partial charge in [-0.1, -0.05) is 60.7 Å². The van der Waals surface area contributed by atoms with E-state index in [2.05, 4.69) is 20.5 Å². The second-order valence-corrected chi connectivity index (χ2v) is 14.9. The minimum absolute atomic E-state index is 0.0512. The maximum absolute atomic E-state index is 13.4. The highest BCUT2D eigenvalue weighted by Crippen LogP contribution is 2.35. The predicted molar refractivity (Wildman–Crippen MR) is 214 cm³/mol. The average Bonchev–Trinajstić information content (AvgIpc) is 3.23. The van der Waals surface area contributed by atoms with Crippen LogP contribution in [0.1, 0.15) is 76.9 Å². The fourth-order valence-electron chi connectivity index (χ4n) is 7.97. The number of amides is 1. The van der Waals surface area contributed by atoms with Gasteiger partial charge in [0.05, 0.1) is 29.8 Å². The van der Waals surface area contributed by atoms with Gasteiger partial charge >= 0.3 is 5.97 Å². The van der Waals surface area contributed by atoms with Gasteiger partial charge in [0.15, 0.2) is 0 Å². The average molecular weight is 759 g/mol. The van der Waals surface area contributed by atoms with Gasteiger partial charge in [0.2, 0.25) is 11.5 Å². The number of aromatic nitrogens is 1. The first kappa shape index (κ1) is 38.8. The van der Waals surface area contributed by atoms with E-state index in [0.717, 1.165) is 42.7 Å². The second kappa shape index (κ2) is 18.4. The van der Waals surface area contributed by atoms with Gasteiger partial charge < -0.3 is 40.2 Å². The van der Waals surface area contributed by atoms with Crippen molar-refractivity contribution >= 4 is 22.8 Å². The molecule has 1 unspecified atom stereocenters. The fourth-order valence-corrected chi connectivity index (χ4v) is 7.97. The molecular formula is C45H50N4O7. The maximum atomic E-state index is 13.4. The second-order valence-electron chi connectivity index (χ2n) is 14.9. The first-order chi connectivity index (χ1) is 27.3. The van der Waals surface area contributed by atoms with Gasteiger partial charge in [-0.25, -0.2) is 4.79 Å². The van der Waals surface area contributed by atoms with Crippen molar-refractivity contribution in [3.63, 3.8) is 0 Å². The summed E-state index contributed by atoms with van der Waals surface area (Å²) in [7, 11) is 0. The number of nitrogens with zero attached hydrogens (tertiary/aromatic N) is 1. The van der Waals surface area contributed by atoms with Gasteiger partial charge in [0, 0.05) is 31.0 Å². The van der Waals surface area contributed by atoms with Gasteiger partial charge in [-0.2, -0.15) is 0 Å². The van der Waals surface area contributed by atoms with E-state index in [4.69, 9.17) is 9.47 Å². The number of benzene rings is 4. The Morgan fingerprint density at radius 1 is 0.893 bits per heavy atom. The number of aliphatic hydroxyl groups is 1. The molecular weight excluding hydrogens is 709 g/mol. The Balaban J connectivity index is 0.844. The molecule has 3 aliphatic rings. The Morgan fingerprint density at radius 2 is 1.68 bits per heavy atom. The zero-order chi connectivity index (χ0) is 38.9. The van der Waals surface area contributed by atoms with Crippen molar-refractivity contribution in [1.82, 2.24) is 20.5 Å². The number of unbranched alkanes of at least 4 members (excludes halogenated alkanes) is 1. The Morgan fingerprint density at radius 3 is 2.45 bits per heavy atom. The number of pyridine rings is 1. The van der Waals surface area contributed by atoms with Crippen LogP contribution in [0.4, 0.5) is 0 Å². The lowest BCUT2D eigenvalue weighted by atomic mass is 9.77. The number of fused-ring (bicyclic) bond motifs is 4. The Hall–Kier alpha value is -5.49. The van der Waals surface area contributed by atoms with Crippen molar-refractivity contribution in [2.24, 2.45) is 11.8 Å². The quantitative estimate of drug-likeness (QED) is 0.0567. The lowest BCUT2D eigenvalue weighted by Gasteiger charge is -2.44. The van der Waals surface area contributed by atoms with Crippen LogP contribution in [0.25, 0.3) is 10.9 Å². The number of carbonyl (C=O) groups is 2. The molecule has 0 saturated carbocycles. The van der Waals surface area contributed by atoms with Crippen LogP contribution >= 0.6 is 0 Å². The third-order valence-electron chi connectivity index (χ3n) is 11.0. The number of carbonyl (C=O) groups excluding carboxylic acids is 2. The predicted octanol–water partition coefficient (Wildman–Crippen LogP) is 6.01. The molecule has 8 rings (SSSR count). The number of H-pyrrole nitrogens is 1. The van der Waals surface area contributed by atoms with Gasteiger partial charge in [0.25, 0.3) is 0 Å². The Bertz CT molecular complexity index is 2150. The lowest BCUT2D eigenvalue weighted by Crippen LogP contribution is -2.48. The van der Waals surface area contributed by atoms with Crippen molar-refractivity contribution in [2.45, 2.75) is 50.9 Å². The van der Waals surface area contributed by atoms with Crippen LogP contribution < -0.4 is 20.9 Å². The number of aromatic amines is 1. The van der Waals surface area contributed by atoms with Gasteiger partial charge in [-0.3, -0.25) is 9.59 Å². The summed E-state index contributed by atoms with van der Waals surface area (Å²) >= 11 is 0. The number of phenols is 1. The molecule has 11 heteroatoms. The molecule has 0 spiro atoms. The summed E-state index contributed by atoms with van der Waals surface area (Å²) in [5, 5.41) is 27.9. The summed E-state index contributed by atoms with van der Waals surface area (Å²) in [4.78, 5) is 42.9. The highest BCUT2D eigenvalue weighted by atomic mass is 16.5. The lowest BCUT2D eigenvalue weighted by molar-refractivity contribution is -0.124. The van der Waals surface area contributed by atoms with Crippen molar-refractivity contribution in [3.8, 4) is 11.5 Å². The van der Waals surface area contributed by atoms with Crippen LogP contribution in [0.5, 0.6) is 11.5 Å². The van der Waals surface area contributed by atoms with Crippen LogP contribution in [-0.4, -0.2) is 71.3 Å². The minimum Gasteiger partial charge on any atom is -0.506 e. The zero-order valence-electron chi connectivity index (χ0n) is 31.5. The largest absolute Gasteiger partial charge is 0.506 e. The molecule has 5 aromatic rings. The van der Waals surface area contributed by atoms with E-state index in [0.29, 0.717) is 65.6 Å². The number of rotatable bonds is 17. The maximum Gasteiger partial charge on any atom is 0.338 e. The highest BCUT2D eigenvalue weighted by molar-refractivity contribution is 5.89. The molecule has 3 aliphatic heterocycles. The molecule has 3 saturated heterocycles. The molecule has 56 heavy (non-hydrogen) atoms. The van der Waals surface area contributed by atoms with E-state index in [1.807, 2.05) is 66.7 Å². The molecule has 0 radical (unpaired) electrons. The number of phenolic OH excluding ortho intramolecular Hbond substituents is 1. The van der Waals surface area contributed by atoms with E-state index in [1.165, 1.54) is 25.0 Å². The van der Waals surface area contributed by atoms with E-state index >= 15 is 0 Å². The number of hydrogen-bond donors (Lipinski definition) is 5. The summed E-state index contributed by atoms with van der Waals surface area (Å²) in [5.41, 5.74) is 3.90. The molecule has 3 fully saturated rings. The normalized spacial score (nSPS) is 18.6. The number of nitrogens with one attached hydrogen (secondary N) is 3. The number of aliphatic hydroxyl groups excluding tert-OH is 1. The number of esters is 1. The highest BCUT2D eigenvalue weighted by Gasteiger charge is 2.35. The zero-order valence-corrected chi connectivity index (χ0v) is 31.5. The van der Waals surface area contributed by atoms with E-state index in [-0.39, 0.29) is 36.4 Å². The van der Waals surface area contributed by atoms with E-state index < -0.39 is 12.1 Å². The van der Waals surface area contributed by atoms with Gasteiger partial charge in [-0.05, 0) is 116 Å². The van der Waals surface area contributed by atoms with Crippen molar-refractivity contribution in [3.05, 3.63) is 141 Å². The van der Waals surface area contributed by atoms with Crippen molar-refractivity contribution in [1.29, 1.82) is 0 Å². The molecule has 292 valence electrons. The molecule has 4 heterocycles.